The molecule has 0 atom stereocenters. The normalized spacial score (nSPS) is 11.6. The first-order valence-corrected chi connectivity index (χ1v) is 11.6. The van der Waals surface area contributed by atoms with Crippen molar-refractivity contribution in [3.8, 4) is 11.5 Å². The summed E-state index contributed by atoms with van der Waals surface area (Å²) in [5.41, 5.74) is 1.54. The molecule has 0 fully saturated rings. The molecule has 0 amide bonds. The molecule has 3 rings (SSSR count). The minimum Gasteiger partial charge on any atom is -0.478 e. The number of hydrogen-bond acceptors (Lipinski definition) is 4. The van der Waals surface area contributed by atoms with Gasteiger partial charge in [-0.05, 0) is 53.5 Å². The third-order valence-corrected chi connectivity index (χ3v) is 6.20. The highest BCUT2D eigenvalue weighted by atomic mass is 35.5. The van der Waals surface area contributed by atoms with Gasteiger partial charge in [0, 0.05) is 17.2 Å². The van der Waals surface area contributed by atoms with Gasteiger partial charge in [-0.2, -0.15) is 0 Å². The van der Waals surface area contributed by atoms with Gasteiger partial charge in [0.2, 0.25) is 0 Å². The van der Waals surface area contributed by atoms with Crippen molar-refractivity contribution in [2.45, 2.75) is 24.7 Å². The zero-order chi connectivity index (χ0) is 23.3. The summed E-state index contributed by atoms with van der Waals surface area (Å²) in [5, 5.41) is 9.17. The van der Waals surface area contributed by atoms with Gasteiger partial charge in [-0.3, -0.25) is 4.72 Å². The van der Waals surface area contributed by atoms with E-state index in [0.717, 1.165) is 6.08 Å². The molecular weight excluding hydrogens is 450 g/mol. The zero-order valence-corrected chi connectivity index (χ0v) is 19.0. The molecule has 6 nitrogen and oxygen atoms in total. The first kappa shape index (κ1) is 23.4. The summed E-state index contributed by atoms with van der Waals surface area (Å²) in [4.78, 5) is 10.9. The van der Waals surface area contributed by atoms with Crippen LogP contribution in [0.5, 0.6) is 11.5 Å². The Kier molecular flexibility index (Phi) is 7.22. The number of hydrogen-bond donors (Lipinski definition) is 2. The number of carboxylic acid groups (broad SMARTS) is 1. The van der Waals surface area contributed by atoms with E-state index in [2.05, 4.69) is 4.72 Å². The molecule has 3 aromatic carbocycles. The molecule has 0 bridgehead atoms. The van der Waals surface area contributed by atoms with Crippen LogP contribution in [-0.2, 0) is 14.8 Å². The minimum absolute atomic E-state index is 0.0188. The van der Waals surface area contributed by atoms with Crippen LogP contribution in [0.2, 0.25) is 5.02 Å². The molecule has 0 saturated heterocycles. The molecule has 0 aliphatic rings. The van der Waals surface area contributed by atoms with Gasteiger partial charge in [0.15, 0.2) is 5.75 Å². The fourth-order valence-electron chi connectivity index (χ4n) is 3.04. The summed E-state index contributed by atoms with van der Waals surface area (Å²) in [6, 6.07) is 18.1. The standard InChI is InChI=1S/C24H22ClNO5S/c1-16(2)20-8-3-4-9-23(20)32(29,30)26-21-12-11-18(25)15-22(21)31-19-7-5-6-17(14-19)10-13-24(27)28/h3-16,26H,1-2H3,(H,27,28)/b13-10+. The fourth-order valence-corrected chi connectivity index (χ4v) is 4.65. The van der Waals surface area contributed by atoms with E-state index in [1.165, 1.54) is 18.2 Å². The van der Waals surface area contributed by atoms with E-state index in [1.54, 1.807) is 54.6 Å². The lowest BCUT2D eigenvalue weighted by atomic mass is 10.0. The van der Waals surface area contributed by atoms with Crippen LogP contribution in [0.4, 0.5) is 5.69 Å². The largest absolute Gasteiger partial charge is 0.478 e. The average Bonchev–Trinajstić information content (AvgIpc) is 2.74. The highest BCUT2D eigenvalue weighted by molar-refractivity contribution is 7.92. The predicted octanol–water partition coefficient (Wildman–Crippen LogP) is 6.15. The number of ether oxygens (including phenoxy) is 1. The van der Waals surface area contributed by atoms with Crippen molar-refractivity contribution >= 4 is 39.4 Å². The van der Waals surface area contributed by atoms with E-state index in [0.29, 0.717) is 21.9 Å². The second-order valence-electron chi connectivity index (χ2n) is 7.28. The van der Waals surface area contributed by atoms with Gasteiger partial charge in [-0.25, -0.2) is 13.2 Å². The molecule has 0 spiro atoms. The molecule has 0 saturated carbocycles. The van der Waals surface area contributed by atoms with Gasteiger partial charge < -0.3 is 9.84 Å². The van der Waals surface area contributed by atoms with Gasteiger partial charge in [-0.15, -0.1) is 0 Å². The molecule has 2 N–H and O–H groups in total. The lowest BCUT2D eigenvalue weighted by Gasteiger charge is -2.17. The second kappa shape index (κ2) is 9.89. The van der Waals surface area contributed by atoms with Crippen LogP contribution in [0.1, 0.15) is 30.9 Å². The van der Waals surface area contributed by atoms with E-state index in [4.69, 9.17) is 21.4 Å². The summed E-state index contributed by atoms with van der Waals surface area (Å²) >= 11 is 6.12. The van der Waals surface area contributed by atoms with Gasteiger partial charge in [0.1, 0.15) is 5.75 Å². The van der Waals surface area contributed by atoms with Crippen LogP contribution in [0.3, 0.4) is 0 Å². The van der Waals surface area contributed by atoms with Crippen molar-refractivity contribution < 1.29 is 23.1 Å². The number of anilines is 1. The van der Waals surface area contributed by atoms with Crippen molar-refractivity contribution in [2.24, 2.45) is 0 Å². The third-order valence-electron chi connectivity index (χ3n) is 4.52. The number of sulfonamides is 1. The maximum atomic E-state index is 13.2. The first-order valence-electron chi connectivity index (χ1n) is 9.76. The highest BCUT2D eigenvalue weighted by Gasteiger charge is 2.21. The highest BCUT2D eigenvalue weighted by Crippen LogP contribution is 2.35. The third kappa shape index (κ3) is 5.90. The number of carbonyl (C=O) groups is 1. The molecule has 0 aromatic heterocycles. The molecule has 0 unspecified atom stereocenters. The van der Waals surface area contributed by atoms with E-state index >= 15 is 0 Å². The molecule has 3 aromatic rings. The van der Waals surface area contributed by atoms with Crippen molar-refractivity contribution in [1.29, 1.82) is 0 Å². The molecular formula is C24H22ClNO5S. The van der Waals surface area contributed by atoms with Crippen LogP contribution in [0, 0.1) is 0 Å². The molecule has 0 radical (unpaired) electrons. The monoisotopic (exact) mass is 471 g/mol. The SMILES string of the molecule is CC(C)c1ccccc1S(=O)(=O)Nc1ccc(Cl)cc1Oc1cccc(/C=C/C(=O)O)c1. The van der Waals surface area contributed by atoms with Gasteiger partial charge in [0.25, 0.3) is 10.0 Å². The Hall–Kier alpha value is -3.29. The van der Waals surface area contributed by atoms with Gasteiger partial charge in [-0.1, -0.05) is 55.8 Å². The number of nitrogens with one attached hydrogen (secondary N) is 1. The summed E-state index contributed by atoms with van der Waals surface area (Å²) in [5.74, 6) is -0.444. The summed E-state index contributed by atoms with van der Waals surface area (Å²) in [6.45, 7) is 3.86. The Bertz CT molecular complexity index is 1270. The smallest absolute Gasteiger partial charge is 0.328 e. The minimum atomic E-state index is -3.89. The van der Waals surface area contributed by atoms with E-state index in [9.17, 15) is 13.2 Å². The average molecular weight is 472 g/mol. The van der Waals surface area contributed by atoms with E-state index < -0.39 is 16.0 Å². The lowest BCUT2D eigenvalue weighted by molar-refractivity contribution is -0.131. The van der Waals surface area contributed by atoms with Gasteiger partial charge >= 0.3 is 5.97 Å². The van der Waals surface area contributed by atoms with Crippen LogP contribution in [-0.4, -0.2) is 19.5 Å². The summed E-state index contributed by atoms with van der Waals surface area (Å²) < 4.78 is 34.8. The zero-order valence-electron chi connectivity index (χ0n) is 17.4. The maximum absolute atomic E-state index is 13.2. The Morgan fingerprint density at radius 2 is 1.81 bits per heavy atom. The lowest BCUT2D eigenvalue weighted by Crippen LogP contribution is -2.16. The summed E-state index contributed by atoms with van der Waals surface area (Å²) in [6.07, 6.45) is 2.45. The van der Waals surface area contributed by atoms with E-state index in [-0.39, 0.29) is 22.3 Å². The maximum Gasteiger partial charge on any atom is 0.328 e. The first-order chi connectivity index (χ1) is 15.2. The van der Waals surface area contributed by atoms with Crippen molar-refractivity contribution in [1.82, 2.24) is 0 Å². The molecule has 0 aliphatic carbocycles. The van der Waals surface area contributed by atoms with Crippen LogP contribution >= 0.6 is 11.6 Å². The van der Waals surface area contributed by atoms with Crippen molar-refractivity contribution in [3.63, 3.8) is 0 Å². The van der Waals surface area contributed by atoms with E-state index in [1.807, 2.05) is 13.8 Å². The topological polar surface area (TPSA) is 92.7 Å². The number of carboxylic acids is 1. The molecule has 0 aliphatic heterocycles. The summed E-state index contributed by atoms with van der Waals surface area (Å²) in [7, 11) is -3.89. The molecule has 8 heteroatoms. The van der Waals surface area contributed by atoms with Gasteiger partial charge in [0.05, 0.1) is 10.6 Å². The Morgan fingerprint density at radius 1 is 1.06 bits per heavy atom. The molecule has 0 heterocycles. The fraction of sp³-hybridized carbons (Fsp3) is 0.125. The number of benzene rings is 3. The predicted molar refractivity (Wildman–Crippen MR) is 126 cm³/mol. The van der Waals surface area contributed by atoms with Crippen LogP contribution in [0.15, 0.2) is 77.7 Å². The van der Waals surface area contributed by atoms with Crippen LogP contribution < -0.4 is 9.46 Å². The molecule has 166 valence electrons. The Balaban J connectivity index is 1.95. The number of halogens is 1. The Labute approximate surface area is 192 Å². The van der Waals surface area contributed by atoms with Crippen molar-refractivity contribution in [3.05, 3.63) is 89.0 Å². The Morgan fingerprint density at radius 3 is 2.53 bits per heavy atom. The number of rotatable bonds is 8. The number of aliphatic carboxylic acids is 1. The second-order valence-corrected chi connectivity index (χ2v) is 9.37. The quantitative estimate of drug-likeness (QED) is 0.384. The van der Waals surface area contributed by atoms with Crippen LogP contribution in [0.25, 0.3) is 6.08 Å². The van der Waals surface area contributed by atoms with Crippen molar-refractivity contribution in [2.75, 3.05) is 4.72 Å². The molecule has 32 heavy (non-hydrogen) atoms.